The number of carboxylic acid groups (broad SMARTS) is 1. The van der Waals surface area contributed by atoms with E-state index in [2.05, 4.69) is 10.1 Å². The van der Waals surface area contributed by atoms with Crippen LogP contribution in [0.2, 0.25) is 0 Å². The van der Waals surface area contributed by atoms with Crippen LogP contribution in [0.4, 0.5) is 10.6 Å². The number of aromatic nitrogens is 2. The van der Waals surface area contributed by atoms with Crippen LogP contribution in [-0.2, 0) is 6.61 Å². The summed E-state index contributed by atoms with van der Waals surface area (Å²) in [4.78, 5) is 16.9. The van der Waals surface area contributed by atoms with Crippen LogP contribution in [0.5, 0.6) is 0 Å². The zero-order chi connectivity index (χ0) is 15.6. The van der Waals surface area contributed by atoms with Crippen molar-refractivity contribution in [1.29, 1.82) is 0 Å². The molecule has 0 aliphatic heterocycles. The van der Waals surface area contributed by atoms with E-state index in [1.54, 1.807) is 39.0 Å². The molecule has 0 bridgehead atoms. The summed E-state index contributed by atoms with van der Waals surface area (Å²) in [5.74, 6) is 0.621. The van der Waals surface area contributed by atoms with Gasteiger partial charge in [0.1, 0.15) is 11.5 Å². The second-order valence-corrected chi connectivity index (χ2v) is 5.50. The number of aliphatic hydroxyl groups excluding tert-OH is 1. The van der Waals surface area contributed by atoms with Gasteiger partial charge in [-0.1, -0.05) is 5.16 Å². The van der Waals surface area contributed by atoms with Gasteiger partial charge >= 0.3 is 6.09 Å². The van der Waals surface area contributed by atoms with Gasteiger partial charge in [0.15, 0.2) is 5.76 Å². The second-order valence-electron chi connectivity index (χ2n) is 5.50. The lowest BCUT2D eigenvalue weighted by molar-refractivity contribution is 0.195. The van der Waals surface area contributed by atoms with Crippen molar-refractivity contribution < 1.29 is 19.5 Å². The maximum atomic E-state index is 11.6. The number of carbonyl (C=O) groups is 1. The molecule has 2 aromatic rings. The van der Waals surface area contributed by atoms with Crippen molar-refractivity contribution in [2.45, 2.75) is 32.9 Å². The van der Waals surface area contributed by atoms with Gasteiger partial charge in [-0.25, -0.2) is 9.78 Å². The van der Waals surface area contributed by atoms with E-state index in [0.29, 0.717) is 17.0 Å². The molecule has 2 rings (SSSR count). The molecule has 112 valence electrons. The van der Waals surface area contributed by atoms with Gasteiger partial charge < -0.3 is 14.7 Å². The summed E-state index contributed by atoms with van der Waals surface area (Å²) >= 11 is 0. The zero-order valence-electron chi connectivity index (χ0n) is 12.1. The summed E-state index contributed by atoms with van der Waals surface area (Å²) < 4.78 is 5.16. The highest BCUT2D eigenvalue weighted by molar-refractivity contribution is 5.91. The number of anilines is 1. The molecule has 0 saturated carbocycles. The first kappa shape index (κ1) is 15.0. The lowest BCUT2D eigenvalue weighted by Gasteiger charge is -2.32. The topological polar surface area (TPSA) is 99.7 Å². The molecule has 0 aliphatic rings. The monoisotopic (exact) mass is 291 g/mol. The first-order valence-corrected chi connectivity index (χ1v) is 6.39. The fourth-order valence-corrected chi connectivity index (χ4v) is 1.98. The molecule has 2 heterocycles. The Morgan fingerprint density at radius 3 is 2.67 bits per heavy atom. The molecule has 0 atom stereocenters. The van der Waals surface area contributed by atoms with Crippen LogP contribution < -0.4 is 4.90 Å². The van der Waals surface area contributed by atoms with Gasteiger partial charge in [-0.15, -0.1) is 0 Å². The molecule has 7 nitrogen and oxygen atoms in total. The van der Waals surface area contributed by atoms with Crippen molar-refractivity contribution in [2.75, 3.05) is 4.90 Å². The predicted octanol–water partition coefficient (Wildman–Crippen LogP) is 2.51. The summed E-state index contributed by atoms with van der Waals surface area (Å²) in [6.45, 7) is 5.08. The molecule has 0 fully saturated rings. The fourth-order valence-electron chi connectivity index (χ4n) is 1.98. The van der Waals surface area contributed by atoms with Gasteiger partial charge in [-0.3, -0.25) is 4.90 Å². The van der Waals surface area contributed by atoms with Gasteiger partial charge in [-0.2, -0.15) is 0 Å². The Morgan fingerprint density at radius 1 is 1.43 bits per heavy atom. The van der Waals surface area contributed by atoms with Crippen LogP contribution >= 0.6 is 0 Å². The van der Waals surface area contributed by atoms with E-state index in [1.165, 1.54) is 11.1 Å². The Morgan fingerprint density at radius 2 is 2.14 bits per heavy atom. The van der Waals surface area contributed by atoms with E-state index < -0.39 is 11.6 Å². The molecule has 7 heteroatoms. The molecule has 0 aliphatic carbocycles. The van der Waals surface area contributed by atoms with Crippen molar-refractivity contribution in [3.63, 3.8) is 0 Å². The number of rotatable bonds is 3. The van der Waals surface area contributed by atoms with Gasteiger partial charge in [-0.05, 0) is 32.9 Å². The Labute approximate surface area is 121 Å². The molecular weight excluding hydrogens is 274 g/mol. The van der Waals surface area contributed by atoms with Gasteiger partial charge in [0.05, 0.1) is 12.2 Å². The SMILES string of the molecule is CC(C)(C)N(C(=O)O)c1ncccc1-c1cc(CO)no1. The second kappa shape index (κ2) is 5.53. The standard InChI is InChI=1S/C14H17N3O4/c1-14(2,3)17(13(19)20)12-10(5-4-6-15-12)11-7-9(8-18)16-21-11/h4-7,18H,8H2,1-3H3,(H,19,20). The van der Waals surface area contributed by atoms with E-state index in [0.717, 1.165) is 0 Å². The highest BCUT2D eigenvalue weighted by Crippen LogP contribution is 2.33. The highest BCUT2D eigenvalue weighted by Gasteiger charge is 2.31. The first-order valence-electron chi connectivity index (χ1n) is 6.39. The summed E-state index contributed by atoms with van der Waals surface area (Å²) in [5, 5.41) is 22.2. The molecule has 0 spiro atoms. The van der Waals surface area contributed by atoms with Gasteiger partial charge in [0.2, 0.25) is 0 Å². The van der Waals surface area contributed by atoms with Crippen LogP contribution in [0, 0.1) is 0 Å². The summed E-state index contributed by atoms with van der Waals surface area (Å²) in [6, 6.07) is 4.94. The molecule has 2 N–H and O–H groups in total. The Balaban J connectivity index is 2.57. The fraction of sp³-hybridized carbons (Fsp3) is 0.357. The van der Waals surface area contributed by atoms with E-state index in [4.69, 9.17) is 9.63 Å². The van der Waals surface area contributed by atoms with Crippen molar-refractivity contribution in [3.8, 4) is 11.3 Å². The van der Waals surface area contributed by atoms with Crippen LogP contribution in [0.3, 0.4) is 0 Å². The number of aliphatic hydroxyl groups is 1. The van der Waals surface area contributed by atoms with E-state index in [-0.39, 0.29) is 12.4 Å². The summed E-state index contributed by atoms with van der Waals surface area (Å²) in [6.07, 6.45) is 0.411. The number of nitrogens with zero attached hydrogens (tertiary/aromatic N) is 3. The van der Waals surface area contributed by atoms with E-state index in [1.807, 2.05) is 0 Å². The molecule has 0 aromatic carbocycles. The van der Waals surface area contributed by atoms with Crippen molar-refractivity contribution in [3.05, 3.63) is 30.1 Å². The van der Waals surface area contributed by atoms with Gasteiger partial charge in [0, 0.05) is 17.8 Å². The molecule has 0 saturated heterocycles. The maximum Gasteiger partial charge on any atom is 0.413 e. The third-order valence-electron chi connectivity index (χ3n) is 2.85. The first-order chi connectivity index (χ1) is 9.84. The van der Waals surface area contributed by atoms with Crippen molar-refractivity contribution in [2.24, 2.45) is 0 Å². The predicted molar refractivity (Wildman–Crippen MR) is 75.9 cm³/mol. The molecule has 0 unspecified atom stereocenters. The smallest absolute Gasteiger partial charge is 0.413 e. The molecule has 0 radical (unpaired) electrons. The average molecular weight is 291 g/mol. The minimum Gasteiger partial charge on any atom is -0.465 e. The van der Waals surface area contributed by atoms with Crippen LogP contribution in [0.25, 0.3) is 11.3 Å². The van der Waals surface area contributed by atoms with E-state index in [9.17, 15) is 9.90 Å². The van der Waals surface area contributed by atoms with E-state index >= 15 is 0 Å². The quantitative estimate of drug-likeness (QED) is 0.901. The van der Waals surface area contributed by atoms with Gasteiger partial charge in [0.25, 0.3) is 0 Å². The summed E-state index contributed by atoms with van der Waals surface area (Å²) in [5.41, 5.74) is 0.203. The Kier molecular flexibility index (Phi) is 3.95. The van der Waals surface area contributed by atoms with Crippen LogP contribution in [0.15, 0.2) is 28.9 Å². The number of amides is 1. The highest BCUT2D eigenvalue weighted by atomic mass is 16.5. The number of hydrogen-bond donors (Lipinski definition) is 2. The lowest BCUT2D eigenvalue weighted by atomic mass is 10.0. The Hall–Kier alpha value is -2.41. The minimum atomic E-state index is -1.11. The minimum absolute atomic E-state index is 0.249. The molecule has 2 aromatic heterocycles. The van der Waals surface area contributed by atoms with Crippen molar-refractivity contribution in [1.82, 2.24) is 10.1 Å². The third-order valence-corrected chi connectivity index (χ3v) is 2.85. The number of hydrogen-bond acceptors (Lipinski definition) is 5. The molecular formula is C14H17N3O4. The van der Waals surface area contributed by atoms with Crippen LogP contribution in [0.1, 0.15) is 26.5 Å². The Bertz CT molecular complexity index is 646. The normalized spacial score (nSPS) is 11.4. The third kappa shape index (κ3) is 3.03. The maximum absolute atomic E-state index is 11.6. The van der Waals surface area contributed by atoms with Crippen LogP contribution in [-0.4, -0.2) is 32.0 Å². The molecule has 1 amide bonds. The van der Waals surface area contributed by atoms with Crippen molar-refractivity contribution >= 4 is 11.9 Å². The molecule has 21 heavy (non-hydrogen) atoms. The summed E-state index contributed by atoms with van der Waals surface area (Å²) in [7, 11) is 0. The average Bonchev–Trinajstić information content (AvgIpc) is 2.86. The number of pyridine rings is 1. The lowest BCUT2D eigenvalue weighted by Crippen LogP contribution is -2.45. The zero-order valence-corrected chi connectivity index (χ0v) is 12.1. The largest absolute Gasteiger partial charge is 0.465 e.